The van der Waals surface area contributed by atoms with Crippen LogP contribution in [0.3, 0.4) is 0 Å². The number of aromatic nitrogens is 2. The molecule has 0 atom stereocenters. The molecule has 0 spiro atoms. The predicted octanol–water partition coefficient (Wildman–Crippen LogP) is 4.97. The maximum absolute atomic E-state index is 12.7. The maximum Gasteiger partial charge on any atom is 0.227 e. The molecule has 2 aromatic carbocycles. The van der Waals surface area contributed by atoms with Gasteiger partial charge in [-0.2, -0.15) is 0 Å². The molecule has 1 N–H and O–H groups in total. The number of hydrogen-bond donors (Lipinski definition) is 1. The number of nitrogens with zero attached hydrogens (tertiary/aromatic N) is 3. The number of carbonyl (C=O) groups excluding carboxylic acids is 1. The van der Waals surface area contributed by atoms with E-state index in [1.54, 1.807) is 7.11 Å². The lowest BCUT2D eigenvalue weighted by molar-refractivity contribution is -0.120. The topological polar surface area (TPSA) is 67.3 Å². The van der Waals surface area contributed by atoms with Gasteiger partial charge >= 0.3 is 0 Å². The number of carbonyl (C=O) groups is 1. The van der Waals surface area contributed by atoms with Gasteiger partial charge in [-0.25, -0.2) is 0 Å². The molecule has 1 aromatic heterocycles. The summed E-state index contributed by atoms with van der Waals surface area (Å²) in [5.41, 5.74) is 3.35. The Morgan fingerprint density at radius 1 is 1.06 bits per heavy atom. The van der Waals surface area contributed by atoms with Gasteiger partial charge in [0.1, 0.15) is 5.75 Å². The zero-order valence-corrected chi connectivity index (χ0v) is 18.4. The van der Waals surface area contributed by atoms with Gasteiger partial charge < -0.3 is 15.0 Å². The Morgan fingerprint density at radius 2 is 1.84 bits per heavy atom. The molecule has 2 heterocycles. The van der Waals surface area contributed by atoms with Gasteiger partial charge in [0.05, 0.1) is 12.8 Å². The number of hydrogen-bond acceptors (Lipinski definition) is 5. The van der Waals surface area contributed by atoms with Crippen LogP contribution in [0.4, 0.5) is 11.5 Å². The van der Waals surface area contributed by atoms with Crippen LogP contribution in [0.1, 0.15) is 18.4 Å². The van der Waals surface area contributed by atoms with Crippen LogP contribution >= 0.6 is 11.6 Å². The predicted molar refractivity (Wildman–Crippen MR) is 124 cm³/mol. The van der Waals surface area contributed by atoms with Crippen LogP contribution in [0.2, 0.25) is 5.02 Å². The molecule has 1 amide bonds. The minimum atomic E-state index is -0.0320. The van der Waals surface area contributed by atoms with Crippen LogP contribution in [0.15, 0.2) is 54.6 Å². The number of halogens is 1. The number of anilines is 2. The molecule has 0 bridgehead atoms. The third-order valence-electron chi connectivity index (χ3n) is 5.75. The molecule has 7 heteroatoms. The molecule has 1 saturated heterocycles. The monoisotopic (exact) mass is 436 g/mol. The van der Waals surface area contributed by atoms with E-state index in [0.29, 0.717) is 5.02 Å². The standard InChI is InChI=1S/C24H25ClN4O2/c1-16-19(25)7-5-8-20(16)26-24(30)17-12-14-29(15-13-17)23-11-10-21(27-28-23)18-6-3-4-9-22(18)31-2/h3-11,17H,12-15H2,1-2H3,(H,26,30). The number of amides is 1. The summed E-state index contributed by atoms with van der Waals surface area (Å²) in [6, 6.07) is 17.2. The molecule has 160 valence electrons. The Labute approximate surface area is 187 Å². The first-order valence-corrected chi connectivity index (χ1v) is 10.7. The number of nitrogens with one attached hydrogen (secondary N) is 1. The van der Waals surface area contributed by atoms with E-state index in [-0.39, 0.29) is 11.8 Å². The normalized spacial score (nSPS) is 14.4. The molecule has 6 nitrogen and oxygen atoms in total. The summed E-state index contributed by atoms with van der Waals surface area (Å²) in [4.78, 5) is 14.9. The number of methoxy groups -OCH3 is 1. The number of rotatable bonds is 5. The van der Waals surface area contributed by atoms with Crippen molar-refractivity contribution in [1.82, 2.24) is 10.2 Å². The van der Waals surface area contributed by atoms with Gasteiger partial charge in [0.15, 0.2) is 5.82 Å². The second-order valence-electron chi connectivity index (χ2n) is 7.64. The van der Waals surface area contributed by atoms with Gasteiger partial charge in [-0.1, -0.05) is 29.8 Å². The Balaban J connectivity index is 1.37. The Morgan fingerprint density at radius 3 is 2.55 bits per heavy atom. The van der Waals surface area contributed by atoms with Crippen LogP contribution in [0.5, 0.6) is 5.75 Å². The fourth-order valence-electron chi connectivity index (χ4n) is 3.84. The van der Waals surface area contributed by atoms with Crippen LogP contribution in [-0.2, 0) is 4.79 Å². The van der Waals surface area contributed by atoms with Crippen molar-refractivity contribution in [3.63, 3.8) is 0 Å². The lowest BCUT2D eigenvalue weighted by Crippen LogP contribution is -2.38. The van der Waals surface area contributed by atoms with Crippen molar-refractivity contribution in [2.24, 2.45) is 5.92 Å². The third-order valence-corrected chi connectivity index (χ3v) is 6.16. The summed E-state index contributed by atoms with van der Waals surface area (Å²) < 4.78 is 5.41. The molecule has 0 radical (unpaired) electrons. The average Bonchev–Trinajstić information content (AvgIpc) is 2.82. The van der Waals surface area contributed by atoms with Gasteiger partial charge in [-0.3, -0.25) is 4.79 Å². The summed E-state index contributed by atoms with van der Waals surface area (Å²) in [5, 5.41) is 12.5. The highest BCUT2D eigenvalue weighted by Crippen LogP contribution is 2.29. The van der Waals surface area contributed by atoms with E-state index in [0.717, 1.165) is 60.0 Å². The van der Waals surface area contributed by atoms with E-state index in [1.165, 1.54) is 0 Å². The second-order valence-corrected chi connectivity index (χ2v) is 8.05. The Bertz CT molecular complexity index is 1060. The van der Waals surface area contributed by atoms with Gasteiger partial charge in [0.2, 0.25) is 5.91 Å². The van der Waals surface area contributed by atoms with E-state index < -0.39 is 0 Å². The van der Waals surface area contributed by atoms with Crippen LogP contribution < -0.4 is 15.0 Å². The Hall–Kier alpha value is -3.12. The van der Waals surface area contributed by atoms with E-state index in [2.05, 4.69) is 20.4 Å². The highest BCUT2D eigenvalue weighted by molar-refractivity contribution is 6.31. The lowest BCUT2D eigenvalue weighted by Gasteiger charge is -2.32. The first-order valence-electron chi connectivity index (χ1n) is 10.3. The molecule has 31 heavy (non-hydrogen) atoms. The van der Waals surface area contributed by atoms with Crippen molar-refractivity contribution in [2.45, 2.75) is 19.8 Å². The van der Waals surface area contributed by atoms with Crippen molar-refractivity contribution < 1.29 is 9.53 Å². The van der Waals surface area contributed by atoms with Crippen LogP contribution in [-0.4, -0.2) is 36.3 Å². The summed E-state index contributed by atoms with van der Waals surface area (Å²) in [7, 11) is 1.65. The zero-order valence-electron chi connectivity index (χ0n) is 17.6. The average molecular weight is 437 g/mol. The quantitative estimate of drug-likeness (QED) is 0.611. The molecular weight excluding hydrogens is 412 g/mol. The third kappa shape index (κ3) is 4.64. The van der Waals surface area contributed by atoms with Gasteiger partial charge in [-0.15, -0.1) is 10.2 Å². The summed E-state index contributed by atoms with van der Waals surface area (Å²) in [6.07, 6.45) is 1.53. The molecule has 0 saturated carbocycles. The zero-order chi connectivity index (χ0) is 21.8. The van der Waals surface area contributed by atoms with E-state index >= 15 is 0 Å². The molecule has 1 fully saturated rings. The minimum Gasteiger partial charge on any atom is -0.496 e. The molecular formula is C24H25ClN4O2. The first kappa shape index (κ1) is 21.1. The SMILES string of the molecule is COc1ccccc1-c1ccc(N2CCC(C(=O)Nc3cccc(Cl)c3C)CC2)nn1. The van der Waals surface area contributed by atoms with Gasteiger partial charge in [0.25, 0.3) is 0 Å². The van der Waals surface area contributed by atoms with Crippen molar-refractivity contribution in [2.75, 3.05) is 30.4 Å². The molecule has 3 aromatic rings. The van der Waals surface area contributed by atoms with E-state index in [4.69, 9.17) is 16.3 Å². The number of ether oxygens (including phenoxy) is 1. The molecule has 4 rings (SSSR count). The first-order chi connectivity index (χ1) is 15.1. The fraction of sp³-hybridized carbons (Fsp3) is 0.292. The molecule has 0 unspecified atom stereocenters. The maximum atomic E-state index is 12.7. The van der Waals surface area contributed by atoms with Gasteiger partial charge in [0, 0.05) is 35.3 Å². The molecule has 1 aliphatic rings. The summed E-state index contributed by atoms with van der Waals surface area (Å²) >= 11 is 6.16. The number of benzene rings is 2. The van der Waals surface area contributed by atoms with Gasteiger partial charge in [-0.05, 0) is 61.7 Å². The van der Waals surface area contributed by atoms with Crippen molar-refractivity contribution >= 4 is 29.0 Å². The smallest absolute Gasteiger partial charge is 0.227 e. The highest BCUT2D eigenvalue weighted by atomic mass is 35.5. The highest BCUT2D eigenvalue weighted by Gasteiger charge is 2.26. The fourth-order valence-corrected chi connectivity index (χ4v) is 4.02. The van der Waals surface area contributed by atoms with Crippen molar-refractivity contribution in [3.05, 3.63) is 65.2 Å². The number of para-hydroxylation sites is 1. The minimum absolute atomic E-state index is 0.0320. The van der Waals surface area contributed by atoms with E-state index in [9.17, 15) is 4.79 Å². The van der Waals surface area contributed by atoms with Crippen LogP contribution in [0.25, 0.3) is 11.3 Å². The molecule has 0 aliphatic carbocycles. The van der Waals surface area contributed by atoms with Crippen molar-refractivity contribution in [3.8, 4) is 17.0 Å². The van der Waals surface area contributed by atoms with Crippen molar-refractivity contribution in [1.29, 1.82) is 0 Å². The summed E-state index contributed by atoms with van der Waals surface area (Å²) in [5.74, 6) is 1.60. The lowest BCUT2D eigenvalue weighted by atomic mass is 9.95. The number of piperidine rings is 1. The van der Waals surface area contributed by atoms with E-state index in [1.807, 2.05) is 61.5 Å². The second kappa shape index (κ2) is 9.35. The largest absolute Gasteiger partial charge is 0.496 e. The Kier molecular flexibility index (Phi) is 6.37. The molecule has 1 aliphatic heterocycles. The summed E-state index contributed by atoms with van der Waals surface area (Å²) in [6.45, 7) is 3.43. The van der Waals surface area contributed by atoms with Crippen LogP contribution in [0, 0.1) is 12.8 Å².